The quantitative estimate of drug-likeness (QED) is 0.551. The highest BCUT2D eigenvalue weighted by atomic mass is 16.5. The third-order valence-electron chi connectivity index (χ3n) is 5.00. The van der Waals surface area contributed by atoms with Crippen molar-refractivity contribution in [1.29, 1.82) is 0 Å². The van der Waals surface area contributed by atoms with E-state index in [-0.39, 0.29) is 6.10 Å². The topological polar surface area (TPSA) is 55.5 Å². The molecule has 5 rings (SSSR count). The standard InChI is InChI=1S/C22H21N5O/c1-2-6-17(7-3-1)18-9-10-21-24-22(25-27(21)14-18)20-16-26(12-13-28-20)15-19-8-4-5-11-23-19/h1-11,14,20H,12-13,15-16H2/t20-/m1/s1. The normalized spacial score (nSPS) is 17.8. The van der Waals surface area contributed by atoms with E-state index in [1.807, 2.05) is 53.3 Å². The SMILES string of the molecule is c1ccc(-c2ccc3nc([C@H]4CN(Cc5ccccn5)CCO4)nn3c2)cc1. The van der Waals surface area contributed by atoms with Crippen LogP contribution in [0.2, 0.25) is 0 Å². The van der Waals surface area contributed by atoms with Gasteiger partial charge >= 0.3 is 0 Å². The maximum atomic E-state index is 5.98. The number of benzene rings is 1. The van der Waals surface area contributed by atoms with Crippen LogP contribution in [0.15, 0.2) is 73.1 Å². The van der Waals surface area contributed by atoms with Crippen LogP contribution >= 0.6 is 0 Å². The molecule has 1 atom stereocenters. The van der Waals surface area contributed by atoms with Gasteiger partial charge in [0.25, 0.3) is 0 Å². The zero-order chi connectivity index (χ0) is 18.8. The van der Waals surface area contributed by atoms with Crippen molar-refractivity contribution >= 4 is 5.65 Å². The zero-order valence-corrected chi connectivity index (χ0v) is 15.5. The molecule has 0 unspecified atom stereocenters. The summed E-state index contributed by atoms with van der Waals surface area (Å²) in [6, 6.07) is 20.4. The summed E-state index contributed by atoms with van der Waals surface area (Å²) in [5.41, 5.74) is 4.18. The minimum absolute atomic E-state index is 0.127. The van der Waals surface area contributed by atoms with Gasteiger partial charge in [0.2, 0.25) is 0 Å². The van der Waals surface area contributed by atoms with E-state index >= 15 is 0 Å². The molecule has 4 heterocycles. The van der Waals surface area contributed by atoms with Gasteiger partial charge in [-0.25, -0.2) is 9.50 Å². The fourth-order valence-corrected chi connectivity index (χ4v) is 3.56. The van der Waals surface area contributed by atoms with Gasteiger partial charge in [0.1, 0.15) is 6.10 Å². The van der Waals surface area contributed by atoms with Gasteiger partial charge in [0.05, 0.1) is 12.3 Å². The Hall–Kier alpha value is -3.09. The molecule has 1 saturated heterocycles. The number of nitrogens with zero attached hydrogens (tertiary/aromatic N) is 5. The number of hydrogen-bond acceptors (Lipinski definition) is 5. The van der Waals surface area contributed by atoms with E-state index in [2.05, 4.69) is 34.1 Å². The van der Waals surface area contributed by atoms with Crippen LogP contribution in [0.1, 0.15) is 17.6 Å². The Balaban J connectivity index is 1.36. The summed E-state index contributed by atoms with van der Waals surface area (Å²) in [5.74, 6) is 0.732. The van der Waals surface area contributed by atoms with E-state index in [1.54, 1.807) is 0 Å². The molecule has 1 aliphatic rings. The molecule has 1 aliphatic heterocycles. The van der Waals surface area contributed by atoms with Crippen LogP contribution in [-0.2, 0) is 11.3 Å². The first kappa shape index (κ1) is 17.0. The second-order valence-electron chi connectivity index (χ2n) is 6.97. The number of ether oxygens (including phenoxy) is 1. The number of pyridine rings is 2. The Bertz CT molecular complexity index is 1060. The van der Waals surface area contributed by atoms with Gasteiger partial charge in [-0.3, -0.25) is 9.88 Å². The van der Waals surface area contributed by atoms with Crippen molar-refractivity contribution in [2.45, 2.75) is 12.6 Å². The molecule has 6 heteroatoms. The smallest absolute Gasteiger partial charge is 0.181 e. The van der Waals surface area contributed by atoms with Crippen molar-refractivity contribution in [2.24, 2.45) is 0 Å². The lowest BCUT2D eigenvalue weighted by molar-refractivity contribution is -0.0374. The van der Waals surface area contributed by atoms with Crippen LogP contribution in [0.25, 0.3) is 16.8 Å². The number of fused-ring (bicyclic) bond motifs is 1. The second kappa shape index (κ2) is 7.50. The summed E-state index contributed by atoms with van der Waals surface area (Å²) >= 11 is 0. The molecule has 3 aromatic heterocycles. The summed E-state index contributed by atoms with van der Waals surface area (Å²) in [7, 11) is 0. The molecule has 140 valence electrons. The number of morpholine rings is 1. The first-order valence-corrected chi connectivity index (χ1v) is 9.51. The summed E-state index contributed by atoms with van der Waals surface area (Å²) in [6.45, 7) is 3.13. The van der Waals surface area contributed by atoms with Crippen LogP contribution < -0.4 is 0 Å². The van der Waals surface area contributed by atoms with Crippen molar-refractivity contribution in [1.82, 2.24) is 24.5 Å². The van der Waals surface area contributed by atoms with Gasteiger partial charge in [-0.05, 0) is 29.8 Å². The van der Waals surface area contributed by atoms with Gasteiger partial charge in [-0.2, -0.15) is 0 Å². The highest BCUT2D eigenvalue weighted by molar-refractivity contribution is 5.64. The lowest BCUT2D eigenvalue weighted by Gasteiger charge is -2.31. The second-order valence-corrected chi connectivity index (χ2v) is 6.97. The largest absolute Gasteiger partial charge is 0.367 e. The Morgan fingerprint density at radius 3 is 2.71 bits per heavy atom. The summed E-state index contributed by atoms with van der Waals surface area (Å²) in [5, 5.41) is 4.70. The van der Waals surface area contributed by atoms with Gasteiger partial charge in [-0.15, -0.1) is 5.10 Å². The highest BCUT2D eigenvalue weighted by Crippen LogP contribution is 2.23. The van der Waals surface area contributed by atoms with E-state index in [9.17, 15) is 0 Å². The van der Waals surface area contributed by atoms with Crippen molar-refractivity contribution in [3.63, 3.8) is 0 Å². The molecule has 4 aromatic rings. The third kappa shape index (κ3) is 3.52. The zero-order valence-electron chi connectivity index (χ0n) is 15.5. The Kier molecular flexibility index (Phi) is 4.56. The molecular formula is C22H21N5O. The van der Waals surface area contributed by atoms with Crippen molar-refractivity contribution < 1.29 is 4.74 Å². The predicted molar refractivity (Wildman–Crippen MR) is 107 cm³/mol. The monoisotopic (exact) mass is 371 g/mol. The molecule has 0 spiro atoms. The molecule has 6 nitrogen and oxygen atoms in total. The Morgan fingerprint density at radius 1 is 0.964 bits per heavy atom. The van der Waals surface area contributed by atoms with E-state index in [4.69, 9.17) is 14.8 Å². The fraction of sp³-hybridized carbons (Fsp3) is 0.227. The molecule has 1 fully saturated rings. The van der Waals surface area contributed by atoms with E-state index < -0.39 is 0 Å². The summed E-state index contributed by atoms with van der Waals surface area (Å²) in [6.07, 6.45) is 3.73. The number of hydrogen-bond donors (Lipinski definition) is 0. The third-order valence-corrected chi connectivity index (χ3v) is 5.00. The maximum Gasteiger partial charge on any atom is 0.181 e. The van der Waals surface area contributed by atoms with Gasteiger partial charge in [0.15, 0.2) is 11.5 Å². The van der Waals surface area contributed by atoms with Gasteiger partial charge < -0.3 is 4.74 Å². The maximum absolute atomic E-state index is 5.98. The molecule has 28 heavy (non-hydrogen) atoms. The average Bonchev–Trinajstić information content (AvgIpc) is 3.19. The van der Waals surface area contributed by atoms with Gasteiger partial charge in [-0.1, -0.05) is 36.4 Å². The van der Waals surface area contributed by atoms with E-state index in [0.29, 0.717) is 6.61 Å². The van der Waals surface area contributed by atoms with E-state index in [0.717, 1.165) is 47.9 Å². The Morgan fingerprint density at radius 2 is 1.86 bits per heavy atom. The number of aromatic nitrogens is 4. The van der Waals surface area contributed by atoms with Crippen molar-refractivity contribution in [3.05, 3.63) is 84.6 Å². The minimum Gasteiger partial charge on any atom is -0.367 e. The molecule has 1 aromatic carbocycles. The summed E-state index contributed by atoms with van der Waals surface area (Å²) < 4.78 is 7.82. The molecule has 0 saturated carbocycles. The van der Waals surface area contributed by atoms with Gasteiger partial charge in [0, 0.05) is 37.6 Å². The predicted octanol–water partition coefficient (Wildman–Crippen LogP) is 3.36. The highest BCUT2D eigenvalue weighted by Gasteiger charge is 2.25. The molecular weight excluding hydrogens is 350 g/mol. The molecule has 0 amide bonds. The van der Waals surface area contributed by atoms with E-state index in [1.165, 1.54) is 0 Å². The van der Waals surface area contributed by atoms with Crippen molar-refractivity contribution in [2.75, 3.05) is 19.7 Å². The van der Waals surface area contributed by atoms with Crippen LogP contribution in [0.3, 0.4) is 0 Å². The molecule has 0 aliphatic carbocycles. The lowest BCUT2D eigenvalue weighted by Crippen LogP contribution is -2.38. The molecule has 0 radical (unpaired) electrons. The molecule has 0 bridgehead atoms. The number of rotatable bonds is 4. The first-order valence-electron chi connectivity index (χ1n) is 9.51. The minimum atomic E-state index is -0.127. The van der Waals surface area contributed by atoms with Crippen molar-refractivity contribution in [3.8, 4) is 11.1 Å². The van der Waals surface area contributed by atoms with Crippen LogP contribution in [0.4, 0.5) is 0 Å². The molecule has 0 N–H and O–H groups in total. The fourth-order valence-electron chi connectivity index (χ4n) is 3.56. The first-order chi connectivity index (χ1) is 13.8. The van der Waals surface area contributed by atoms with Crippen LogP contribution in [-0.4, -0.2) is 44.2 Å². The lowest BCUT2D eigenvalue weighted by atomic mass is 10.1. The summed E-state index contributed by atoms with van der Waals surface area (Å²) in [4.78, 5) is 11.5. The average molecular weight is 371 g/mol. The van der Waals surface area contributed by atoms with Crippen LogP contribution in [0.5, 0.6) is 0 Å². The Labute approximate surface area is 163 Å². The van der Waals surface area contributed by atoms with Crippen LogP contribution in [0, 0.1) is 0 Å².